The molecule has 2 rings (SSSR count). The highest BCUT2D eigenvalue weighted by atomic mass is 16.5. The molecule has 1 heterocycles. The van der Waals surface area contributed by atoms with Gasteiger partial charge in [-0.25, -0.2) is 0 Å². The highest BCUT2D eigenvalue weighted by Gasteiger charge is 2.48. The normalized spacial score (nSPS) is 31.6. The van der Waals surface area contributed by atoms with E-state index in [1.165, 1.54) is 5.56 Å². The van der Waals surface area contributed by atoms with Crippen LogP contribution in [0.3, 0.4) is 0 Å². The van der Waals surface area contributed by atoms with Crippen LogP contribution in [0.25, 0.3) is 0 Å². The van der Waals surface area contributed by atoms with Gasteiger partial charge in [0.15, 0.2) is 0 Å². The zero-order chi connectivity index (χ0) is 19.2. The van der Waals surface area contributed by atoms with Crippen LogP contribution in [0.1, 0.15) is 78.7 Å². The third kappa shape index (κ3) is 5.33. The van der Waals surface area contributed by atoms with Crippen molar-refractivity contribution in [3.8, 4) is 0 Å². The molecule has 0 radical (unpaired) electrons. The Hall–Kier alpha value is -1.35. The molecule has 0 amide bonds. The number of rotatable bonds is 8. The molecular weight excluding hydrogens is 322 g/mol. The van der Waals surface area contributed by atoms with Gasteiger partial charge in [-0.05, 0) is 45.1 Å². The summed E-state index contributed by atoms with van der Waals surface area (Å²) >= 11 is 0. The molecule has 0 aromatic heterocycles. The SMILES string of the molecule is CCCCC(=O)OC1CC(C)(CC)NC(C)(CCc2ccccc2)C1C. The van der Waals surface area contributed by atoms with Crippen molar-refractivity contribution in [2.24, 2.45) is 5.92 Å². The monoisotopic (exact) mass is 359 g/mol. The number of carbonyl (C=O) groups excluding carboxylic acids is 1. The maximum Gasteiger partial charge on any atom is 0.306 e. The first-order chi connectivity index (χ1) is 12.3. The molecule has 1 N–H and O–H groups in total. The Morgan fingerprint density at radius 1 is 1.23 bits per heavy atom. The molecule has 0 aliphatic carbocycles. The minimum atomic E-state index is -0.0471. The second kappa shape index (κ2) is 9.03. The lowest BCUT2D eigenvalue weighted by atomic mass is 9.69. The molecule has 3 heteroatoms. The third-order valence-corrected chi connectivity index (χ3v) is 6.38. The second-order valence-electron chi connectivity index (χ2n) is 8.57. The van der Waals surface area contributed by atoms with Crippen molar-refractivity contribution in [3.63, 3.8) is 0 Å². The van der Waals surface area contributed by atoms with Crippen LogP contribution in [0.4, 0.5) is 0 Å². The molecule has 146 valence electrons. The van der Waals surface area contributed by atoms with Gasteiger partial charge >= 0.3 is 5.97 Å². The van der Waals surface area contributed by atoms with E-state index in [2.05, 4.69) is 70.3 Å². The van der Waals surface area contributed by atoms with E-state index in [0.717, 1.165) is 38.5 Å². The Balaban J connectivity index is 2.11. The number of carbonyl (C=O) groups is 1. The van der Waals surface area contributed by atoms with Crippen LogP contribution < -0.4 is 5.32 Å². The van der Waals surface area contributed by atoms with Gasteiger partial charge < -0.3 is 10.1 Å². The van der Waals surface area contributed by atoms with E-state index in [1.807, 2.05) is 0 Å². The second-order valence-corrected chi connectivity index (χ2v) is 8.57. The van der Waals surface area contributed by atoms with Gasteiger partial charge in [0.1, 0.15) is 6.10 Å². The van der Waals surface area contributed by atoms with Gasteiger partial charge in [0.25, 0.3) is 0 Å². The van der Waals surface area contributed by atoms with Crippen LogP contribution in [0.5, 0.6) is 0 Å². The molecule has 4 atom stereocenters. The Morgan fingerprint density at radius 3 is 2.54 bits per heavy atom. The number of hydrogen-bond acceptors (Lipinski definition) is 3. The lowest BCUT2D eigenvalue weighted by Gasteiger charge is -2.53. The molecule has 26 heavy (non-hydrogen) atoms. The summed E-state index contributed by atoms with van der Waals surface area (Å²) in [4.78, 5) is 12.3. The summed E-state index contributed by atoms with van der Waals surface area (Å²) in [5.41, 5.74) is 1.32. The predicted octanol–water partition coefficient (Wildman–Crippen LogP) is 5.28. The smallest absolute Gasteiger partial charge is 0.306 e. The molecule has 0 saturated carbocycles. The topological polar surface area (TPSA) is 38.3 Å². The fourth-order valence-corrected chi connectivity index (χ4v) is 4.15. The van der Waals surface area contributed by atoms with Crippen LogP contribution in [0.15, 0.2) is 30.3 Å². The molecule has 1 aromatic carbocycles. The summed E-state index contributed by atoms with van der Waals surface area (Å²) < 4.78 is 5.97. The molecule has 1 saturated heterocycles. The standard InChI is InChI=1S/C23H37NO2/c1-6-8-14-21(25)26-20-17-22(4,7-2)24-23(5,18(20)3)16-15-19-12-10-9-11-13-19/h9-13,18,20,24H,6-8,14-17H2,1-5H3. The van der Waals surface area contributed by atoms with E-state index in [4.69, 9.17) is 4.74 Å². The van der Waals surface area contributed by atoms with Gasteiger partial charge in [0.05, 0.1) is 0 Å². The third-order valence-electron chi connectivity index (χ3n) is 6.38. The number of ether oxygens (including phenoxy) is 1. The summed E-state index contributed by atoms with van der Waals surface area (Å²) in [6, 6.07) is 10.6. The summed E-state index contributed by atoms with van der Waals surface area (Å²) in [5, 5.41) is 3.93. The number of esters is 1. The average molecular weight is 360 g/mol. The maximum atomic E-state index is 12.3. The van der Waals surface area contributed by atoms with Gasteiger partial charge in [-0.3, -0.25) is 4.79 Å². The minimum Gasteiger partial charge on any atom is -0.462 e. The van der Waals surface area contributed by atoms with E-state index in [0.29, 0.717) is 6.42 Å². The average Bonchev–Trinajstić information content (AvgIpc) is 2.63. The molecule has 0 bridgehead atoms. The van der Waals surface area contributed by atoms with Crippen LogP contribution in [0, 0.1) is 5.92 Å². The minimum absolute atomic E-state index is 0.00759. The number of benzene rings is 1. The first-order valence-corrected chi connectivity index (χ1v) is 10.3. The summed E-state index contributed by atoms with van der Waals surface area (Å²) in [7, 11) is 0. The lowest BCUT2D eigenvalue weighted by Crippen LogP contribution is -2.66. The number of piperidine rings is 1. The predicted molar refractivity (Wildman–Crippen MR) is 108 cm³/mol. The fourth-order valence-electron chi connectivity index (χ4n) is 4.15. The van der Waals surface area contributed by atoms with Gasteiger partial charge in [0.2, 0.25) is 0 Å². The van der Waals surface area contributed by atoms with E-state index < -0.39 is 0 Å². The fraction of sp³-hybridized carbons (Fsp3) is 0.696. The van der Waals surface area contributed by atoms with Crippen molar-refractivity contribution < 1.29 is 9.53 Å². The van der Waals surface area contributed by atoms with Crippen LogP contribution in [0.2, 0.25) is 0 Å². The van der Waals surface area contributed by atoms with Crippen molar-refractivity contribution in [1.82, 2.24) is 5.32 Å². The quantitative estimate of drug-likeness (QED) is 0.642. The number of hydrogen-bond donors (Lipinski definition) is 1. The van der Waals surface area contributed by atoms with E-state index in [-0.39, 0.29) is 29.1 Å². The van der Waals surface area contributed by atoms with Crippen LogP contribution in [-0.4, -0.2) is 23.2 Å². The summed E-state index contributed by atoms with van der Waals surface area (Å²) in [6.45, 7) is 11.1. The molecule has 0 spiro atoms. The first kappa shape index (κ1) is 21.0. The van der Waals surface area contributed by atoms with Crippen molar-refractivity contribution in [2.45, 2.75) is 96.7 Å². The molecule has 1 fully saturated rings. The molecule has 1 aliphatic heterocycles. The summed E-state index contributed by atoms with van der Waals surface area (Å²) in [6.07, 6.45) is 6.46. The first-order valence-electron chi connectivity index (χ1n) is 10.3. The number of aryl methyl sites for hydroxylation is 1. The molecule has 4 unspecified atom stereocenters. The molecule has 3 nitrogen and oxygen atoms in total. The van der Waals surface area contributed by atoms with Gasteiger partial charge in [-0.1, -0.05) is 57.5 Å². The molecule has 1 aliphatic rings. The van der Waals surface area contributed by atoms with E-state index >= 15 is 0 Å². The zero-order valence-electron chi connectivity index (χ0n) is 17.3. The van der Waals surface area contributed by atoms with E-state index in [1.54, 1.807) is 0 Å². The highest BCUT2D eigenvalue weighted by molar-refractivity contribution is 5.69. The number of nitrogens with one attached hydrogen (secondary N) is 1. The Bertz CT molecular complexity index is 573. The largest absolute Gasteiger partial charge is 0.462 e. The van der Waals surface area contributed by atoms with Crippen molar-refractivity contribution in [1.29, 1.82) is 0 Å². The Labute approximate surface area is 159 Å². The maximum absolute atomic E-state index is 12.3. The van der Waals surface area contributed by atoms with Crippen LogP contribution in [-0.2, 0) is 16.0 Å². The van der Waals surface area contributed by atoms with Gasteiger partial charge in [-0.2, -0.15) is 0 Å². The Kier molecular flexibility index (Phi) is 7.28. The summed E-state index contributed by atoms with van der Waals surface area (Å²) in [5.74, 6) is 0.255. The van der Waals surface area contributed by atoms with Gasteiger partial charge in [-0.15, -0.1) is 0 Å². The number of unbranched alkanes of at least 4 members (excludes halogenated alkanes) is 1. The van der Waals surface area contributed by atoms with Crippen molar-refractivity contribution >= 4 is 5.97 Å². The van der Waals surface area contributed by atoms with E-state index in [9.17, 15) is 4.79 Å². The Morgan fingerprint density at radius 2 is 1.92 bits per heavy atom. The highest BCUT2D eigenvalue weighted by Crippen LogP contribution is 2.39. The van der Waals surface area contributed by atoms with Crippen LogP contribution >= 0.6 is 0 Å². The lowest BCUT2D eigenvalue weighted by molar-refractivity contribution is -0.159. The molecular formula is C23H37NO2. The molecule has 1 aromatic rings. The zero-order valence-corrected chi connectivity index (χ0v) is 17.3. The van der Waals surface area contributed by atoms with Crippen molar-refractivity contribution in [2.75, 3.05) is 0 Å². The van der Waals surface area contributed by atoms with Crippen molar-refractivity contribution in [3.05, 3.63) is 35.9 Å². The van der Waals surface area contributed by atoms with Gasteiger partial charge in [0, 0.05) is 29.8 Å².